The van der Waals surface area contributed by atoms with Crippen molar-refractivity contribution in [2.24, 2.45) is 0 Å². The third kappa shape index (κ3) is 1.74. The quantitative estimate of drug-likeness (QED) is 0.896. The van der Waals surface area contributed by atoms with Crippen molar-refractivity contribution < 1.29 is 5.11 Å². The van der Waals surface area contributed by atoms with E-state index >= 15 is 0 Å². The minimum absolute atomic E-state index is 0.222. The van der Waals surface area contributed by atoms with Crippen LogP contribution in [0.5, 0.6) is 0 Å². The molecule has 0 fully saturated rings. The first-order valence-electron chi connectivity index (χ1n) is 6.66. The van der Waals surface area contributed by atoms with Gasteiger partial charge in [-0.15, -0.1) is 0 Å². The first-order chi connectivity index (χ1) is 8.72. The number of aliphatic hydroxyl groups excluding tert-OH is 1. The van der Waals surface area contributed by atoms with Crippen LogP contribution in [0.15, 0.2) is 18.3 Å². The molecule has 0 amide bonds. The monoisotopic (exact) mass is 244 g/mol. The molecule has 0 unspecified atom stereocenters. The maximum Gasteiger partial charge on any atom is 0.0486 e. The van der Waals surface area contributed by atoms with Gasteiger partial charge in [0.1, 0.15) is 0 Å². The van der Waals surface area contributed by atoms with Crippen LogP contribution < -0.4 is 0 Å². The van der Waals surface area contributed by atoms with Crippen molar-refractivity contribution in [1.29, 1.82) is 0 Å². The average Bonchev–Trinajstić information content (AvgIpc) is 2.86. The van der Waals surface area contributed by atoms with Gasteiger partial charge >= 0.3 is 0 Å². The lowest BCUT2D eigenvalue weighted by Crippen LogP contribution is -2.07. The van der Waals surface area contributed by atoms with Gasteiger partial charge in [-0.25, -0.2) is 0 Å². The summed E-state index contributed by atoms with van der Waals surface area (Å²) in [6.45, 7) is 5.47. The van der Waals surface area contributed by atoms with Crippen LogP contribution in [0.3, 0.4) is 0 Å². The SMILES string of the molecule is CCn1cc(CCO)c2cc3c(cc21)CN(C)C3. The number of hydrogen-bond donors (Lipinski definition) is 1. The van der Waals surface area contributed by atoms with Crippen molar-refractivity contribution in [3.8, 4) is 0 Å². The molecule has 0 saturated carbocycles. The summed E-state index contributed by atoms with van der Waals surface area (Å²) >= 11 is 0. The molecule has 1 aromatic heterocycles. The molecule has 0 atom stereocenters. The van der Waals surface area contributed by atoms with Gasteiger partial charge in [0.05, 0.1) is 0 Å². The lowest BCUT2D eigenvalue weighted by molar-refractivity contribution is 0.300. The zero-order valence-electron chi connectivity index (χ0n) is 11.1. The van der Waals surface area contributed by atoms with Crippen molar-refractivity contribution in [3.05, 3.63) is 35.0 Å². The summed E-state index contributed by atoms with van der Waals surface area (Å²) in [4.78, 5) is 2.34. The molecule has 0 aliphatic carbocycles. The maximum absolute atomic E-state index is 9.18. The summed E-state index contributed by atoms with van der Waals surface area (Å²) in [6, 6.07) is 4.66. The number of hydrogen-bond acceptors (Lipinski definition) is 2. The summed E-state index contributed by atoms with van der Waals surface area (Å²) in [7, 11) is 2.16. The number of benzene rings is 1. The molecule has 3 nitrogen and oxygen atoms in total. The van der Waals surface area contributed by atoms with E-state index in [2.05, 4.69) is 41.8 Å². The fraction of sp³-hybridized carbons (Fsp3) is 0.467. The Morgan fingerprint density at radius 1 is 1.22 bits per heavy atom. The highest BCUT2D eigenvalue weighted by atomic mass is 16.2. The molecular weight excluding hydrogens is 224 g/mol. The van der Waals surface area contributed by atoms with Crippen LogP contribution in [0.4, 0.5) is 0 Å². The Morgan fingerprint density at radius 3 is 2.61 bits per heavy atom. The highest BCUT2D eigenvalue weighted by Gasteiger charge is 2.18. The van der Waals surface area contributed by atoms with Gasteiger partial charge in [0, 0.05) is 43.3 Å². The minimum atomic E-state index is 0.222. The van der Waals surface area contributed by atoms with Crippen molar-refractivity contribution in [2.75, 3.05) is 13.7 Å². The highest BCUT2D eigenvalue weighted by Crippen LogP contribution is 2.30. The molecule has 18 heavy (non-hydrogen) atoms. The normalized spacial score (nSPS) is 15.5. The van der Waals surface area contributed by atoms with Crippen LogP contribution in [-0.2, 0) is 26.1 Å². The van der Waals surface area contributed by atoms with Crippen LogP contribution in [0.25, 0.3) is 10.9 Å². The van der Waals surface area contributed by atoms with E-state index in [4.69, 9.17) is 0 Å². The predicted molar refractivity (Wildman–Crippen MR) is 73.6 cm³/mol. The lowest BCUT2D eigenvalue weighted by atomic mass is 10.0. The molecule has 1 N–H and O–H groups in total. The number of rotatable bonds is 3. The van der Waals surface area contributed by atoms with Crippen molar-refractivity contribution >= 4 is 10.9 Å². The van der Waals surface area contributed by atoms with E-state index in [0.29, 0.717) is 0 Å². The number of aromatic nitrogens is 1. The Labute approximate surface area is 108 Å². The van der Waals surface area contributed by atoms with Gasteiger partial charge in [-0.05, 0) is 49.2 Å². The van der Waals surface area contributed by atoms with E-state index < -0.39 is 0 Å². The van der Waals surface area contributed by atoms with E-state index in [-0.39, 0.29) is 6.61 Å². The third-order valence-electron chi connectivity index (χ3n) is 3.89. The van der Waals surface area contributed by atoms with Gasteiger partial charge in [-0.3, -0.25) is 4.90 Å². The number of nitrogens with zero attached hydrogens (tertiary/aromatic N) is 2. The van der Waals surface area contributed by atoms with E-state index in [1.807, 2.05) is 0 Å². The molecule has 3 heteroatoms. The van der Waals surface area contributed by atoms with Crippen molar-refractivity contribution in [2.45, 2.75) is 33.0 Å². The molecule has 3 rings (SSSR count). The Kier molecular flexibility index (Phi) is 2.88. The Balaban J connectivity index is 2.19. The van der Waals surface area contributed by atoms with E-state index in [0.717, 1.165) is 26.1 Å². The molecule has 1 aliphatic heterocycles. The second-order valence-electron chi connectivity index (χ2n) is 5.22. The Morgan fingerprint density at radius 2 is 1.94 bits per heavy atom. The Bertz CT molecular complexity index is 586. The molecule has 96 valence electrons. The Hall–Kier alpha value is -1.32. The van der Waals surface area contributed by atoms with Crippen molar-refractivity contribution in [3.63, 3.8) is 0 Å². The summed E-state index contributed by atoms with van der Waals surface area (Å²) in [6.07, 6.45) is 2.94. The molecule has 2 aromatic rings. The largest absolute Gasteiger partial charge is 0.396 e. The van der Waals surface area contributed by atoms with Crippen LogP contribution in [0.1, 0.15) is 23.6 Å². The second-order valence-corrected chi connectivity index (χ2v) is 5.22. The molecule has 1 aliphatic rings. The van der Waals surface area contributed by atoms with Gasteiger partial charge in [0.15, 0.2) is 0 Å². The first-order valence-corrected chi connectivity index (χ1v) is 6.66. The molecule has 0 radical (unpaired) electrons. The fourth-order valence-corrected chi connectivity index (χ4v) is 3.01. The van der Waals surface area contributed by atoms with Crippen molar-refractivity contribution in [1.82, 2.24) is 9.47 Å². The van der Waals surface area contributed by atoms with Gasteiger partial charge in [0.2, 0.25) is 0 Å². The molecule has 0 bridgehead atoms. The van der Waals surface area contributed by atoms with Gasteiger partial charge in [-0.1, -0.05) is 0 Å². The third-order valence-corrected chi connectivity index (χ3v) is 3.89. The highest BCUT2D eigenvalue weighted by molar-refractivity contribution is 5.86. The van der Waals surface area contributed by atoms with Gasteiger partial charge < -0.3 is 9.67 Å². The summed E-state index contributed by atoms with van der Waals surface area (Å²) in [5, 5.41) is 10.5. The second kappa shape index (κ2) is 4.41. The maximum atomic E-state index is 9.18. The molecule has 1 aromatic carbocycles. The predicted octanol–water partition coefficient (Wildman–Crippen LogP) is 2.14. The molecular formula is C15H20N2O. The molecule has 0 saturated heterocycles. The number of fused-ring (bicyclic) bond motifs is 2. The van der Waals surface area contributed by atoms with E-state index in [1.165, 1.54) is 27.6 Å². The first kappa shape index (κ1) is 11.8. The minimum Gasteiger partial charge on any atom is -0.396 e. The van der Waals surface area contributed by atoms with Gasteiger partial charge in [-0.2, -0.15) is 0 Å². The van der Waals surface area contributed by atoms with Gasteiger partial charge in [0.25, 0.3) is 0 Å². The lowest BCUT2D eigenvalue weighted by Gasteiger charge is -2.03. The van der Waals surface area contributed by atoms with Crippen LogP contribution in [-0.4, -0.2) is 28.2 Å². The van der Waals surface area contributed by atoms with E-state index in [1.54, 1.807) is 0 Å². The average molecular weight is 244 g/mol. The fourth-order valence-electron chi connectivity index (χ4n) is 3.01. The summed E-state index contributed by atoms with van der Waals surface area (Å²) in [5.74, 6) is 0. The van der Waals surface area contributed by atoms with Crippen LogP contribution >= 0.6 is 0 Å². The number of aliphatic hydroxyl groups is 1. The smallest absolute Gasteiger partial charge is 0.0486 e. The molecule has 2 heterocycles. The summed E-state index contributed by atoms with van der Waals surface area (Å²) in [5.41, 5.74) is 5.48. The summed E-state index contributed by atoms with van der Waals surface area (Å²) < 4.78 is 2.29. The standard InChI is InChI=1S/C15H20N2O/c1-3-17-10-11(4-5-18)14-6-12-8-16(2)9-13(12)7-15(14)17/h6-7,10,18H,3-5,8-9H2,1-2H3. The van der Waals surface area contributed by atoms with E-state index in [9.17, 15) is 5.11 Å². The zero-order chi connectivity index (χ0) is 12.7. The van der Waals surface area contributed by atoms with Crippen LogP contribution in [0, 0.1) is 0 Å². The topological polar surface area (TPSA) is 28.4 Å². The van der Waals surface area contributed by atoms with Crippen LogP contribution in [0.2, 0.25) is 0 Å². The molecule has 0 spiro atoms. The zero-order valence-corrected chi connectivity index (χ0v) is 11.1. The number of aryl methyl sites for hydroxylation is 1.